The molecule has 0 bridgehead atoms. The molecule has 0 unspecified atom stereocenters. The van der Waals surface area contributed by atoms with Crippen LogP contribution in [0.25, 0.3) is 0 Å². The zero-order chi connectivity index (χ0) is 9.19. The van der Waals surface area contributed by atoms with Gasteiger partial charge in [-0.1, -0.05) is 0 Å². The van der Waals surface area contributed by atoms with Crippen molar-refractivity contribution in [3.63, 3.8) is 0 Å². The topological polar surface area (TPSA) is 66.4 Å². The van der Waals surface area contributed by atoms with E-state index >= 15 is 0 Å². The number of hydrogen-bond acceptors (Lipinski definition) is 4. The highest BCUT2D eigenvalue weighted by Gasteiger charge is 2.12. The van der Waals surface area contributed by atoms with E-state index in [2.05, 4.69) is 4.72 Å². The van der Waals surface area contributed by atoms with Gasteiger partial charge in [0.2, 0.25) is 10.0 Å². The summed E-state index contributed by atoms with van der Waals surface area (Å²) in [7, 11) is -1.99. The molecule has 12 heavy (non-hydrogen) atoms. The standard InChI is InChI=1S/C6H9NO3S2/c1-7-12(9,10)6-2-5(3-8)11-4-6/h2,4,7-8H,3H2,1H3. The van der Waals surface area contributed by atoms with Crippen LogP contribution in [-0.2, 0) is 16.6 Å². The summed E-state index contributed by atoms with van der Waals surface area (Å²) in [5.41, 5.74) is 0. The fourth-order valence-electron chi connectivity index (χ4n) is 0.702. The molecule has 0 aromatic carbocycles. The first kappa shape index (κ1) is 9.66. The van der Waals surface area contributed by atoms with Gasteiger partial charge in [-0.2, -0.15) is 0 Å². The molecule has 4 nitrogen and oxygen atoms in total. The maximum absolute atomic E-state index is 11.1. The van der Waals surface area contributed by atoms with Gasteiger partial charge >= 0.3 is 0 Å². The second-order valence-electron chi connectivity index (χ2n) is 2.11. The lowest BCUT2D eigenvalue weighted by atomic mass is 10.5. The molecule has 1 aromatic rings. The molecule has 0 aliphatic rings. The van der Waals surface area contributed by atoms with Crippen LogP contribution in [0, 0.1) is 0 Å². The van der Waals surface area contributed by atoms with Crippen LogP contribution < -0.4 is 4.72 Å². The average Bonchev–Trinajstić information content (AvgIpc) is 2.52. The van der Waals surface area contributed by atoms with Crippen molar-refractivity contribution in [2.24, 2.45) is 0 Å². The number of aliphatic hydroxyl groups is 1. The number of rotatable bonds is 3. The van der Waals surface area contributed by atoms with Crippen molar-refractivity contribution in [3.05, 3.63) is 16.3 Å². The predicted molar refractivity (Wildman–Crippen MR) is 46.5 cm³/mol. The fourth-order valence-corrected chi connectivity index (χ4v) is 2.57. The smallest absolute Gasteiger partial charge is 0.241 e. The molecule has 1 heterocycles. The quantitative estimate of drug-likeness (QED) is 0.741. The summed E-state index contributed by atoms with van der Waals surface area (Å²) >= 11 is 1.22. The lowest BCUT2D eigenvalue weighted by Gasteiger charge is -1.95. The number of thiophene rings is 1. The van der Waals surface area contributed by atoms with Gasteiger partial charge in [-0.15, -0.1) is 11.3 Å². The maximum atomic E-state index is 11.1. The Morgan fingerprint density at radius 1 is 1.67 bits per heavy atom. The Hall–Kier alpha value is -0.430. The van der Waals surface area contributed by atoms with Crippen LogP contribution in [0.5, 0.6) is 0 Å². The second-order valence-corrected chi connectivity index (χ2v) is 5.00. The van der Waals surface area contributed by atoms with Gasteiger partial charge in [-0.25, -0.2) is 13.1 Å². The number of nitrogens with one attached hydrogen (secondary N) is 1. The summed E-state index contributed by atoms with van der Waals surface area (Å²) in [4.78, 5) is 0.850. The minimum absolute atomic E-state index is 0.121. The zero-order valence-corrected chi connectivity index (χ0v) is 8.08. The zero-order valence-electron chi connectivity index (χ0n) is 6.44. The van der Waals surface area contributed by atoms with E-state index in [9.17, 15) is 8.42 Å². The SMILES string of the molecule is CNS(=O)(=O)c1csc(CO)c1. The molecule has 0 aliphatic heterocycles. The largest absolute Gasteiger partial charge is 0.391 e. The van der Waals surface area contributed by atoms with Crippen LogP contribution in [0.15, 0.2) is 16.3 Å². The van der Waals surface area contributed by atoms with E-state index < -0.39 is 10.0 Å². The molecule has 68 valence electrons. The number of hydrogen-bond donors (Lipinski definition) is 2. The molecule has 0 saturated carbocycles. The van der Waals surface area contributed by atoms with Crippen molar-refractivity contribution in [2.45, 2.75) is 11.5 Å². The summed E-state index contributed by atoms with van der Waals surface area (Å²) in [6.45, 7) is -0.121. The summed E-state index contributed by atoms with van der Waals surface area (Å²) in [6.07, 6.45) is 0. The van der Waals surface area contributed by atoms with Crippen molar-refractivity contribution in [1.82, 2.24) is 4.72 Å². The van der Waals surface area contributed by atoms with E-state index in [0.717, 1.165) is 0 Å². The normalized spacial score (nSPS) is 11.8. The molecule has 1 rings (SSSR count). The van der Waals surface area contributed by atoms with E-state index in [-0.39, 0.29) is 11.5 Å². The van der Waals surface area contributed by atoms with Gasteiger partial charge in [-0.3, -0.25) is 0 Å². The summed E-state index contributed by atoms with van der Waals surface area (Å²) in [5.74, 6) is 0. The van der Waals surface area contributed by atoms with Crippen LogP contribution in [0.4, 0.5) is 0 Å². The van der Waals surface area contributed by atoms with Gasteiger partial charge in [0.25, 0.3) is 0 Å². The Bertz CT molecular complexity index is 355. The van der Waals surface area contributed by atoms with Gasteiger partial charge in [0, 0.05) is 10.3 Å². The van der Waals surface area contributed by atoms with Crippen molar-refractivity contribution >= 4 is 21.4 Å². The molecular weight excluding hydrogens is 198 g/mol. The molecule has 0 saturated heterocycles. The Morgan fingerprint density at radius 2 is 2.33 bits per heavy atom. The number of sulfonamides is 1. The highest BCUT2D eigenvalue weighted by molar-refractivity contribution is 7.89. The third kappa shape index (κ3) is 1.84. The Kier molecular flexibility index (Phi) is 2.84. The van der Waals surface area contributed by atoms with E-state index in [0.29, 0.717) is 4.88 Å². The molecule has 6 heteroatoms. The third-order valence-electron chi connectivity index (χ3n) is 1.36. The lowest BCUT2D eigenvalue weighted by Crippen LogP contribution is -2.17. The Balaban J connectivity index is 3.05. The minimum Gasteiger partial charge on any atom is -0.391 e. The van der Waals surface area contributed by atoms with E-state index in [4.69, 9.17) is 5.11 Å². The van der Waals surface area contributed by atoms with Gasteiger partial charge in [-0.05, 0) is 13.1 Å². The summed E-state index contributed by atoms with van der Waals surface area (Å²) < 4.78 is 24.5. The molecule has 0 aliphatic carbocycles. The van der Waals surface area contributed by atoms with E-state index in [1.165, 1.54) is 29.8 Å². The molecule has 0 spiro atoms. The van der Waals surface area contributed by atoms with E-state index in [1.54, 1.807) is 0 Å². The van der Waals surface area contributed by atoms with Gasteiger partial charge < -0.3 is 5.11 Å². The average molecular weight is 207 g/mol. The first-order valence-electron chi connectivity index (χ1n) is 3.22. The molecule has 0 fully saturated rings. The summed E-state index contributed by atoms with van der Waals surface area (Å²) in [5, 5.41) is 10.2. The maximum Gasteiger partial charge on any atom is 0.241 e. The van der Waals surface area contributed by atoms with Crippen molar-refractivity contribution in [1.29, 1.82) is 0 Å². The third-order valence-corrected chi connectivity index (χ3v) is 3.83. The minimum atomic E-state index is -3.34. The number of aliphatic hydroxyl groups excluding tert-OH is 1. The molecular formula is C6H9NO3S2. The van der Waals surface area contributed by atoms with Crippen molar-refractivity contribution < 1.29 is 13.5 Å². The summed E-state index contributed by atoms with van der Waals surface area (Å²) in [6, 6.07) is 1.45. The fraction of sp³-hybridized carbons (Fsp3) is 0.333. The van der Waals surface area contributed by atoms with E-state index in [1.807, 2.05) is 0 Å². The molecule has 0 amide bonds. The second kappa shape index (κ2) is 3.53. The van der Waals surface area contributed by atoms with Crippen LogP contribution in [-0.4, -0.2) is 20.6 Å². The molecule has 0 atom stereocenters. The van der Waals surface area contributed by atoms with Crippen LogP contribution in [0.3, 0.4) is 0 Å². The molecule has 2 N–H and O–H groups in total. The Morgan fingerprint density at radius 3 is 2.75 bits per heavy atom. The Labute approximate surface area is 74.9 Å². The van der Waals surface area contributed by atoms with Crippen LogP contribution >= 0.6 is 11.3 Å². The van der Waals surface area contributed by atoms with Gasteiger partial charge in [0.1, 0.15) is 0 Å². The predicted octanol–water partition coefficient (Wildman–Crippen LogP) is 0.149. The molecule has 0 radical (unpaired) electrons. The monoisotopic (exact) mass is 207 g/mol. The van der Waals surface area contributed by atoms with Gasteiger partial charge in [0.05, 0.1) is 11.5 Å². The highest BCUT2D eigenvalue weighted by atomic mass is 32.2. The van der Waals surface area contributed by atoms with Crippen molar-refractivity contribution in [2.75, 3.05) is 7.05 Å². The van der Waals surface area contributed by atoms with Crippen molar-refractivity contribution in [3.8, 4) is 0 Å². The molecule has 1 aromatic heterocycles. The first-order chi connectivity index (χ1) is 5.60. The van der Waals surface area contributed by atoms with Crippen LogP contribution in [0.1, 0.15) is 4.88 Å². The van der Waals surface area contributed by atoms with Crippen LogP contribution in [0.2, 0.25) is 0 Å². The van der Waals surface area contributed by atoms with Gasteiger partial charge in [0.15, 0.2) is 0 Å². The first-order valence-corrected chi connectivity index (χ1v) is 5.58. The lowest BCUT2D eigenvalue weighted by molar-refractivity contribution is 0.285. The highest BCUT2D eigenvalue weighted by Crippen LogP contribution is 2.18.